The van der Waals surface area contributed by atoms with Crippen LogP contribution in [0, 0.1) is 11.3 Å². The van der Waals surface area contributed by atoms with Crippen molar-refractivity contribution in [3.8, 4) is 6.07 Å². The Morgan fingerprint density at radius 1 is 1.18 bits per heavy atom. The number of fused-ring (bicyclic) bond motifs is 2. The highest BCUT2D eigenvalue weighted by molar-refractivity contribution is 6.07. The summed E-state index contributed by atoms with van der Waals surface area (Å²) in [4.78, 5) is 43.8. The van der Waals surface area contributed by atoms with Crippen molar-refractivity contribution in [1.29, 1.82) is 5.26 Å². The van der Waals surface area contributed by atoms with E-state index in [1.54, 1.807) is 17.9 Å². The molecule has 10 nitrogen and oxygen atoms in total. The Hall–Kier alpha value is -4.52. The lowest BCUT2D eigenvalue weighted by Gasteiger charge is -2.32. The number of likely N-dealkylation sites (tertiary alicyclic amines) is 1. The van der Waals surface area contributed by atoms with Crippen molar-refractivity contribution in [2.45, 2.75) is 56.7 Å². The number of nitriles is 1. The molecule has 0 unspecified atom stereocenters. The number of carbonyl (C=O) groups excluding carboxylic acids is 3. The summed E-state index contributed by atoms with van der Waals surface area (Å²) >= 11 is 0. The van der Waals surface area contributed by atoms with E-state index in [0.717, 1.165) is 11.1 Å². The number of amides is 3. The maximum Gasteiger partial charge on any atom is 0.276 e. The molecule has 1 aromatic heterocycles. The van der Waals surface area contributed by atoms with E-state index in [4.69, 9.17) is 0 Å². The van der Waals surface area contributed by atoms with Gasteiger partial charge < -0.3 is 15.1 Å². The van der Waals surface area contributed by atoms with Gasteiger partial charge in [-0.2, -0.15) is 5.26 Å². The molecule has 3 heterocycles. The van der Waals surface area contributed by atoms with Crippen LogP contribution >= 0.6 is 0 Å². The number of para-hydroxylation sites is 1. The average molecular weight is 526 g/mol. The Kier molecular flexibility index (Phi) is 6.46. The normalized spacial score (nSPS) is 20.8. The monoisotopic (exact) mass is 525 g/mol. The van der Waals surface area contributed by atoms with Crippen LogP contribution in [0.15, 0.2) is 60.8 Å². The van der Waals surface area contributed by atoms with Crippen molar-refractivity contribution in [3.05, 3.63) is 77.6 Å². The van der Waals surface area contributed by atoms with Crippen molar-refractivity contribution in [3.63, 3.8) is 0 Å². The minimum absolute atomic E-state index is 0.0560. The van der Waals surface area contributed by atoms with E-state index in [1.165, 1.54) is 9.80 Å². The molecule has 2 aliphatic heterocycles. The first-order valence-electron chi connectivity index (χ1n) is 12.9. The second-order valence-electron chi connectivity index (χ2n) is 11.2. The van der Waals surface area contributed by atoms with E-state index < -0.39 is 29.3 Å². The highest BCUT2D eigenvalue weighted by Crippen LogP contribution is 2.46. The molecule has 10 heteroatoms. The molecule has 2 aliphatic rings. The van der Waals surface area contributed by atoms with Crippen LogP contribution < -0.4 is 5.32 Å². The third-order valence-electron chi connectivity index (χ3n) is 7.66. The molecule has 5 rings (SSSR count). The Morgan fingerprint density at radius 3 is 2.54 bits per heavy atom. The summed E-state index contributed by atoms with van der Waals surface area (Å²) in [6.45, 7) is 5.90. The minimum Gasteiger partial charge on any atom is -0.328 e. The van der Waals surface area contributed by atoms with Crippen LogP contribution in [-0.2, 0) is 27.0 Å². The first-order chi connectivity index (χ1) is 18.5. The minimum atomic E-state index is -1.01. The second-order valence-corrected chi connectivity index (χ2v) is 11.2. The van der Waals surface area contributed by atoms with Gasteiger partial charge in [0.15, 0.2) is 5.69 Å². The number of benzene rings is 2. The first-order valence-corrected chi connectivity index (χ1v) is 12.9. The third kappa shape index (κ3) is 4.54. The number of nitrogens with one attached hydrogen (secondary N) is 1. The molecule has 3 aromatic rings. The summed E-state index contributed by atoms with van der Waals surface area (Å²) in [5.41, 5.74) is 1.09. The number of nitrogens with zero attached hydrogens (tertiary/aromatic N) is 6. The Bertz CT molecular complexity index is 1470. The zero-order valence-corrected chi connectivity index (χ0v) is 22.5. The Morgan fingerprint density at radius 2 is 1.87 bits per heavy atom. The lowest BCUT2D eigenvalue weighted by molar-refractivity contribution is -0.136. The highest BCUT2D eigenvalue weighted by atomic mass is 16.2. The molecular weight excluding hydrogens is 494 g/mol. The van der Waals surface area contributed by atoms with Gasteiger partial charge in [-0.1, -0.05) is 53.7 Å². The van der Waals surface area contributed by atoms with E-state index in [2.05, 4.69) is 21.7 Å². The molecule has 1 saturated heterocycles. The van der Waals surface area contributed by atoms with Gasteiger partial charge in [-0.3, -0.25) is 14.4 Å². The molecule has 2 aromatic carbocycles. The molecule has 200 valence electrons. The van der Waals surface area contributed by atoms with Gasteiger partial charge in [-0.05, 0) is 38.0 Å². The predicted molar refractivity (Wildman–Crippen MR) is 144 cm³/mol. The van der Waals surface area contributed by atoms with Crippen molar-refractivity contribution in [2.75, 3.05) is 18.9 Å². The number of anilines is 1. The quantitative estimate of drug-likeness (QED) is 0.546. The topological polar surface area (TPSA) is 124 Å². The summed E-state index contributed by atoms with van der Waals surface area (Å²) in [6, 6.07) is 17.3. The van der Waals surface area contributed by atoms with Gasteiger partial charge in [0.1, 0.15) is 12.1 Å². The molecule has 1 fully saturated rings. The first kappa shape index (κ1) is 26.1. The van der Waals surface area contributed by atoms with Gasteiger partial charge in [-0.15, -0.1) is 5.10 Å². The predicted octanol–water partition coefficient (Wildman–Crippen LogP) is 2.73. The molecular formula is C29H31N7O3. The highest BCUT2D eigenvalue weighted by Gasteiger charge is 2.56. The van der Waals surface area contributed by atoms with Crippen LogP contribution in [0.4, 0.5) is 5.69 Å². The number of hydrogen-bond donors (Lipinski definition) is 1. The van der Waals surface area contributed by atoms with Crippen LogP contribution in [0.2, 0.25) is 0 Å². The van der Waals surface area contributed by atoms with Crippen molar-refractivity contribution >= 4 is 23.4 Å². The summed E-state index contributed by atoms with van der Waals surface area (Å²) < 4.78 is 1.61. The molecule has 0 bridgehead atoms. The van der Waals surface area contributed by atoms with E-state index in [1.807, 2.05) is 75.4 Å². The molecule has 0 aliphatic carbocycles. The SMILES string of the molecule is CN(C(=O)c1cn(C(C)(C)C)nn1)[C@@H](Cc1ccccc1)C(=O)N1C[C@]2(C[C@H]1C#N)C(=O)Nc1ccccc12. The number of aromatic nitrogens is 3. The van der Waals surface area contributed by atoms with Crippen LogP contribution in [0.3, 0.4) is 0 Å². The number of rotatable bonds is 5. The third-order valence-corrected chi connectivity index (χ3v) is 7.66. The fourth-order valence-electron chi connectivity index (χ4n) is 5.42. The fourth-order valence-corrected chi connectivity index (χ4v) is 5.42. The Balaban J connectivity index is 1.48. The molecule has 39 heavy (non-hydrogen) atoms. The molecule has 3 amide bonds. The van der Waals surface area contributed by atoms with E-state index in [0.29, 0.717) is 5.69 Å². The Labute approximate surface area is 227 Å². The van der Waals surface area contributed by atoms with Gasteiger partial charge in [0.05, 0.1) is 23.2 Å². The number of likely N-dealkylation sites (N-methyl/N-ethyl adjacent to an activating group) is 1. The smallest absolute Gasteiger partial charge is 0.276 e. The van der Waals surface area contributed by atoms with E-state index >= 15 is 0 Å². The molecule has 1 N–H and O–H groups in total. The molecule has 1 spiro atoms. The van der Waals surface area contributed by atoms with Crippen LogP contribution in [0.25, 0.3) is 0 Å². The van der Waals surface area contributed by atoms with Crippen molar-refractivity contribution < 1.29 is 14.4 Å². The van der Waals surface area contributed by atoms with Crippen LogP contribution in [0.1, 0.15) is 48.8 Å². The molecule has 0 saturated carbocycles. The van der Waals surface area contributed by atoms with Crippen LogP contribution in [-0.4, -0.2) is 68.2 Å². The summed E-state index contributed by atoms with van der Waals surface area (Å²) in [5, 5.41) is 21.1. The largest absolute Gasteiger partial charge is 0.328 e. The summed E-state index contributed by atoms with van der Waals surface area (Å²) in [7, 11) is 1.56. The average Bonchev–Trinajstić information content (AvgIpc) is 3.64. The number of hydrogen-bond acceptors (Lipinski definition) is 6. The second kappa shape index (κ2) is 9.66. The van der Waals surface area contributed by atoms with Gasteiger partial charge in [0.2, 0.25) is 11.8 Å². The van der Waals surface area contributed by atoms with Gasteiger partial charge in [-0.25, -0.2) is 4.68 Å². The van der Waals surface area contributed by atoms with Gasteiger partial charge >= 0.3 is 0 Å². The standard InChI is InChI=1S/C29H31N7O3/c1-28(2,3)36-17-23(32-33-36)25(37)34(4)24(14-19-10-6-5-7-11-19)26(38)35-18-29(15-20(35)16-30)21-12-8-9-13-22(21)31-27(29)39/h5-13,17,20,24H,14-15,18H2,1-4H3,(H,31,39)/t20-,24-,29-/m0/s1. The maximum atomic E-state index is 14.2. The van der Waals surface area contributed by atoms with E-state index in [-0.39, 0.29) is 36.5 Å². The summed E-state index contributed by atoms with van der Waals surface area (Å²) in [5.74, 6) is -1.06. The van der Waals surface area contributed by atoms with Gasteiger partial charge in [0.25, 0.3) is 5.91 Å². The van der Waals surface area contributed by atoms with E-state index in [9.17, 15) is 19.6 Å². The zero-order chi connectivity index (χ0) is 27.9. The van der Waals surface area contributed by atoms with Crippen LogP contribution in [0.5, 0.6) is 0 Å². The maximum absolute atomic E-state index is 14.2. The lowest BCUT2D eigenvalue weighted by Crippen LogP contribution is -2.52. The fraction of sp³-hybridized carbons (Fsp3) is 0.379. The zero-order valence-electron chi connectivity index (χ0n) is 22.5. The number of carbonyl (C=O) groups is 3. The van der Waals surface area contributed by atoms with Crippen molar-refractivity contribution in [2.24, 2.45) is 0 Å². The summed E-state index contributed by atoms with van der Waals surface area (Å²) in [6.07, 6.45) is 2.00. The van der Waals surface area contributed by atoms with Crippen molar-refractivity contribution in [1.82, 2.24) is 24.8 Å². The lowest BCUT2D eigenvalue weighted by atomic mass is 9.80. The molecule has 0 radical (unpaired) electrons. The molecule has 3 atom stereocenters. The van der Waals surface area contributed by atoms with Gasteiger partial charge in [0, 0.05) is 32.1 Å².